The smallest absolute Gasteiger partial charge is 0.216 e. The number of benzene rings is 1. The predicted octanol–water partition coefficient (Wildman–Crippen LogP) is 3.53. The van der Waals surface area contributed by atoms with Gasteiger partial charge < -0.3 is 10.1 Å². The van der Waals surface area contributed by atoms with Crippen molar-refractivity contribution in [2.24, 2.45) is 5.92 Å². The second-order valence-electron chi connectivity index (χ2n) is 8.59. The summed E-state index contributed by atoms with van der Waals surface area (Å²) in [6.45, 7) is 9.99. The molecular formula is C22H34N2O2. The van der Waals surface area contributed by atoms with Gasteiger partial charge in [0.15, 0.2) is 0 Å². The van der Waals surface area contributed by atoms with Crippen LogP contribution in [0.1, 0.15) is 57.6 Å². The van der Waals surface area contributed by atoms with Crippen molar-refractivity contribution >= 4 is 5.91 Å². The second-order valence-corrected chi connectivity index (χ2v) is 8.59. The van der Waals surface area contributed by atoms with E-state index in [4.69, 9.17) is 4.74 Å². The molecule has 3 rings (SSSR count). The van der Waals surface area contributed by atoms with Gasteiger partial charge in [-0.25, -0.2) is 0 Å². The summed E-state index contributed by atoms with van der Waals surface area (Å²) in [5.41, 5.74) is 2.90. The fourth-order valence-corrected chi connectivity index (χ4v) is 4.29. The van der Waals surface area contributed by atoms with Crippen LogP contribution in [0.4, 0.5) is 0 Å². The first-order chi connectivity index (χ1) is 12.4. The van der Waals surface area contributed by atoms with Crippen molar-refractivity contribution in [3.05, 3.63) is 35.4 Å². The van der Waals surface area contributed by atoms with Crippen LogP contribution >= 0.6 is 0 Å². The van der Waals surface area contributed by atoms with Crippen molar-refractivity contribution in [3.8, 4) is 0 Å². The van der Waals surface area contributed by atoms with Crippen molar-refractivity contribution in [1.29, 1.82) is 0 Å². The van der Waals surface area contributed by atoms with Crippen molar-refractivity contribution in [2.45, 2.75) is 71.1 Å². The average molecular weight is 359 g/mol. The van der Waals surface area contributed by atoms with Gasteiger partial charge in [-0.3, -0.25) is 9.69 Å². The first-order valence-electron chi connectivity index (χ1n) is 10.2. The molecule has 4 heteroatoms. The Bertz CT molecular complexity index is 589. The number of hydrogen-bond acceptors (Lipinski definition) is 3. The van der Waals surface area contributed by atoms with Gasteiger partial charge in [0.1, 0.15) is 0 Å². The third-order valence-electron chi connectivity index (χ3n) is 5.76. The first-order valence-corrected chi connectivity index (χ1v) is 10.2. The van der Waals surface area contributed by atoms with E-state index < -0.39 is 0 Å². The molecule has 1 aromatic rings. The number of carbonyl (C=O) groups is 1. The molecule has 1 amide bonds. The molecular weight excluding hydrogens is 324 g/mol. The minimum atomic E-state index is 0.0313. The molecule has 144 valence electrons. The average Bonchev–Trinajstić information content (AvgIpc) is 3.00. The SMILES string of the molecule is CC(=O)NCC1CCC2(CCN(Cc3ccc(CC(C)C)cc3)CC2)O1. The van der Waals surface area contributed by atoms with Crippen LogP contribution in [0.5, 0.6) is 0 Å². The van der Waals surface area contributed by atoms with Gasteiger partial charge in [-0.05, 0) is 49.1 Å². The topological polar surface area (TPSA) is 41.6 Å². The zero-order valence-electron chi connectivity index (χ0n) is 16.6. The molecule has 2 fully saturated rings. The summed E-state index contributed by atoms with van der Waals surface area (Å²) in [6, 6.07) is 9.15. The van der Waals surface area contributed by atoms with Crippen LogP contribution < -0.4 is 5.32 Å². The van der Waals surface area contributed by atoms with Gasteiger partial charge in [0.05, 0.1) is 11.7 Å². The van der Waals surface area contributed by atoms with Gasteiger partial charge in [-0.2, -0.15) is 0 Å². The van der Waals surface area contributed by atoms with E-state index in [9.17, 15) is 4.79 Å². The highest BCUT2D eigenvalue weighted by Crippen LogP contribution is 2.39. The van der Waals surface area contributed by atoms with Crippen molar-refractivity contribution in [3.63, 3.8) is 0 Å². The molecule has 0 radical (unpaired) electrons. The molecule has 1 atom stereocenters. The highest BCUT2D eigenvalue weighted by Gasteiger charge is 2.42. The van der Waals surface area contributed by atoms with Gasteiger partial charge in [0.25, 0.3) is 0 Å². The molecule has 0 bridgehead atoms. The molecule has 0 aromatic heterocycles. The van der Waals surface area contributed by atoms with E-state index in [0.29, 0.717) is 12.5 Å². The number of nitrogens with zero attached hydrogens (tertiary/aromatic N) is 1. The Balaban J connectivity index is 1.44. The molecule has 4 nitrogen and oxygen atoms in total. The number of piperidine rings is 1. The Kier molecular flexibility index (Phi) is 6.36. The van der Waals surface area contributed by atoms with Crippen LogP contribution in [0.3, 0.4) is 0 Å². The highest BCUT2D eigenvalue weighted by molar-refractivity contribution is 5.72. The van der Waals surface area contributed by atoms with Gasteiger partial charge in [-0.1, -0.05) is 38.1 Å². The molecule has 0 saturated carbocycles. The summed E-state index contributed by atoms with van der Waals surface area (Å²) in [6.07, 6.45) is 5.76. The Labute approximate surface area is 158 Å². The molecule has 2 saturated heterocycles. The quantitative estimate of drug-likeness (QED) is 0.846. The van der Waals surface area contributed by atoms with E-state index in [1.54, 1.807) is 6.92 Å². The van der Waals surface area contributed by atoms with Gasteiger partial charge in [-0.15, -0.1) is 0 Å². The number of hydrogen-bond donors (Lipinski definition) is 1. The largest absolute Gasteiger partial charge is 0.370 e. The minimum Gasteiger partial charge on any atom is -0.370 e. The van der Waals surface area contributed by atoms with Crippen molar-refractivity contribution in [2.75, 3.05) is 19.6 Å². The predicted molar refractivity (Wildman–Crippen MR) is 105 cm³/mol. The lowest BCUT2D eigenvalue weighted by Crippen LogP contribution is -2.44. The van der Waals surface area contributed by atoms with E-state index in [0.717, 1.165) is 51.7 Å². The Hall–Kier alpha value is -1.39. The molecule has 2 heterocycles. The Morgan fingerprint density at radius 3 is 2.46 bits per heavy atom. The maximum absolute atomic E-state index is 11.1. The maximum atomic E-state index is 11.1. The Morgan fingerprint density at radius 2 is 1.85 bits per heavy atom. The highest BCUT2D eigenvalue weighted by atomic mass is 16.5. The normalized spacial score (nSPS) is 22.8. The standard InChI is InChI=1S/C22H34N2O2/c1-17(2)14-19-4-6-20(7-5-19)16-24-12-10-22(11-13-24)9-8-21(26-22)15-23-18(3)25/h4-7,17,21H,8-16H2,1-3H3,(H,23,25). The molecule has 1 N–H and O–H groups in total. The lowest BCUT2D eigenvalue weighted by molar-refractivity contribution is -0.120. The summed E-state index contributed by atoms with van der Waals surface area (Å²) in [4.78, 5) is 13.6. The molecule has 26 heavy (non-hydrogen) atoms. The third kappa shape index (κ3) is 5.31. The summed E-state index contributed by atoms with van der Waals surface area (Å²) in [5.74, 6) is 0.740. The summed E-state index contributed by atoms with van der Waals surface area (Å²) < 4.78 is 6.35. The minimum absolute atomic E-state index is 0.0313. The number of nitrogens with one attached hydrogen (secondary N) is 1. The summed E-state index contributed by atoms with van der Waals surface area (Å²) >= 11 is 0. The van der Waals surface area contributed by atoms with E-state index in [1.807, 2.05) is 0 Å². The second kappa shape index (κ2) is 8.53. The monoisotopic (exact) mass is 358 g/mol. The van der Waals surface area contributed by atoms with Gasteiger partial charge in [0, 0.05) is 33.1 Å². The lowest BCUT2D eigenvalue weighted by Gasteiger charge is -2.39. The third-order valence-corrected chi connectivity index (χ3v) is 5.76. The lowest BCUT2D eigenvalue weighted by atomic mass is 9.88. The number of rotatable bonds is 6. The Morgan fingerprint density at radius 1 is 1.19 bits per heavy atom. The van der Waals surface area contributed by atoms with Crippen LogP contribution in [0, 0.1) is 5.92 Å². The number of ether oxygens (including phenoxy) is 1. The van der Waals surface area contributed by atoms with Crippen LogP contribution in [0.2, 0.25) is 0 Å². The van der Waals surface area contributed by atoms with Crippen molar-refractivity contribution in [1.82, 2.24) is 10.2 Å². The molecule has 2 aliphatic rings. The fourth-order valence-electron chi connectivity index (χ4n) is 4.29. The number of likely N-dealkylation sites (tertiary alicyclic amines) is 1. The van der Waals surface area contributed by atoms with E-state index in [-0.39, 0.29) is 17.6 Å². The van der Waals surface area contributed by atoms with Crippen LogP contribution in [-0.2, 0) is 22.5 Å². The molecule has 1 spiro atoms. The number of carbonyl (C=O) groups excluding carboxylic acids is 1. The van der Waals surface area contributed by atoms with Crippen LogP contribution in [0.15, 0.2) is 24.3 Å². The molecule has 1 unspecified atom stereocenters. The van der Waals surface area contributed by atoms with E-state index >= 15 is 0 Å². The number of amides is 1. The zero-order chi connectivity index (χ0) is 18.6. The fraction of sp³-hybridized carbons (Fsp3) is 0.682. The summed E-state index contributed by atoms with van der Waals surface area (Å²) in [5, 5.41) is 2.89. The van der Waals surface area contributed by atoms with E-state index in [1.165, 1.54) is 11.1 Å². The molecule has 1 aromatic carbocycles. The van der Waals surface area contributed by atoms with Crippen molar-refractivity contribution < 1.29 is 9.53 Å². The van der Waals surface area contributed by atoms with E-state index in [2.05, 4.69) is 48.3 Å². The first kappa shape index (κ1) is 19.4. The van der Waals surface area contributed by atoms with Gasteiger partial charge >= 0.3 is 0 Å². The molecule has 2 aliphatic heterocycles. The van der Waals surface area contributed by atoms with Crippen LogP contribution in [0.25, 0.3) is 0 Å². The molecule has 0 aliphatic carbocycles. The van der Waals surface area contributed by atoms with Crippen LogP contribution in [-0.4, -0.2) is 42.1 Å². The van der Waals surface area contributed by atoms with Gasteiger partial charge in [0.2, 0.25) is 5.91 Å². The zero-order valence-corrected chi connectivity index (χ0v) is 16.6. The maximum Gasteiger partial charge on any atom is 0.216 e. The summed E-state index contributed by atoms with van der Waals surface area (Å²) in [7, 11) is 0.